The predicted octanol–water partition coefficient (Wildman–Crippen LogP) is 14.9. The minimum atomic E-state index is -3.20. The van der Waals surface area contributed by atoms with Crippen LogP contribution in [0, 0.1) is 5.92 Å². The van der Waals surface area contributed by atoms with Gasteiger partial charge < -0.3 is 4.57 Å². The zero-order chi connectivity index (χ0) is 38.9. The molecule has 0 heterocycles. The normalized spacial score (nSPS) is 13.7. The Bertz CT molecular complexity index is 3080. The molecule has 9 aromatic rings. The second-order valence-electron chi connectivity index (χ2n) is 14.8. The molecule has 1 unspecified atom stereocenters. The molecule has 0 radical (unpaired) electrons. The summed E-state index contributed by atoms with van der Waals surface area (Å²) < 4.78 is 15.6. The van der Waals surface area contributed by atoms with Gasteiger partial charge in [0.05, 0.1) is 0 Å². The van der Waals surface area contributed by atoms with Crippen LogP contribution in [0.25, 0.3) is 76.5 Å². The molecule has 0 bridgehead atoms. The molecule has 0 N–H and O–H groups in total. The lowest BCUT2D eigenvalue weighted by Crippen LogP contribution is -2.19. The first-order chi connectivity index (χ1) is 28.0. The fourth-order valence-electron chi connectivity index (χ4n) is 8.48. The van der Waals surface area contributed by atoms with Crippen molar-refractivity contribution in [3.05, 3.63) is 218 Å². The Morgan fingerprint density at radius 1 is 0.491 bits per heavy atom. The van der Waals surface area contributed by atoms with Crippen LogP contribution in [0.1, 0.15) is 13.8 Å². The van der Waals surface area contributed by atoms with Crippen LogP contribution in [0.3, 0.4) is 0 Å². The molecule has 0 aliphatic heterocycles. The van der Waals surface area contributed by atoms with E-state index in [1.54, 1.807) is 0 Å². The Labute approximate surface area is 335 Å². The van der Waals surface area contributed by atoms with Gasteiger partial charge in [0.15, 0.2) is 7.14 Å². The molecule has 9 rings (SSSR count). The van der Waals surface area contributed by atoms with Crippen molar-refractivity contribution in [3.8, 4) is 33.4 Å². The van der Waals surface area contributed by atoms with Crippen LogP contribution in [-0.4, -0.2) is 0 Å². The molecule has 0 aromatic heterocycles. The van der Waals surface area contributed by atoms with E-state index < -0.39 is 7.14 Å². The van der Waals surface area contributed by atoms with Gasteiger partial charge in [-0.05, 0) is 102 Å². The molecule has 0 saturated carbocycles. The summed E-state index contributed by atoms with van der Waals surface area (Å²) in [6, 6.07) is 64.9. The molecule has 57 heavy (non-hydrogen) atoms. The van der Waals surface area contributed by atoms with Crippen LogP contribution in [0.15, 0.2) is 218 Å². The molecule has 274 valence electrons. The number of fused-ring (bicyclic) bond motifs is 4. The van der Waals surface area contributed by atoms with E-state index >= 15 is 4.57 Å². The minimum absolute atomic E-state index is 0.0763. The zero-order valence-electron chi connectivity index (χ0n) is 32.3. The number of allylic oxidation sites excluding steroid dienone is 5. The second-order valence-corrected chi connectivity index (χ2v) is 17.6. The maximum atomic E-state index is 15.6. The number of hydrogen-bond donors (Lipinski definition) is 0. The monoisotopic (exact) mass is 750 g/mol. The van der Waals surface area contributed by atoms with Crippen molar-refractivity contribution in [2.24, 2.45) is 5.92 Å². The van der Waals surface area contributed by atoms with Crippen LogP contribution in [-0.2, 0) is 4.57 Å². The van der Waals surface area contributed by atoms with Crippen molar-refractivity contribution in [2.75, 3.05) is 0 Å². The van der Waals surface area contributed by atoms with Gasteiger partial charge in [0, 0.05) is 21.8 Å². The maximum Gasteiger partial charge on any atom is 0.167 e. The van der Waals surface area contributed by atoms with Gasteiger partial charge in [0.1, 0.15) is 0 Å². The van der Waals surface area contributed by atoms with Crippen LogP contribution in [0.4, 0.5) is 0 Å². The third-order valence-electron chi connectivity index (χ3n) is 11.4. The smallest absolute Gasteiger partial charge is 0.167 e. The molecule has 0 saturated heterocycles. The van der Waals surface area contributed by atoms with Gasteiger partial charge in [0.2, 0.25) is 0 Å². The van der Waals surface area contributed by atoms with E-state index in [2.05, 4.69) is 165 Å². The Kier molecular flexibility index (Phi) is 9.63. The van der Waals surface area contributed by atoms with Crippen LogP contribution in [0.2, 0.25) is 0 Å². The van der Waals surface area contributed by atoms with E-state index in [4.69, 9.17) is 0 Å². The molecule has 9 aromatic carbocycles. The Morgan fingerprint density at radius 3 is 1.54 bits per heavy atom. The van der Waals surface area contributed by atoms with Gasteiger partial charge in [-0.15, -0.1) is 6.58 Å². The Balaban J connectivity index is 1.27. The maximum absolute atomic E-state index is 15.6. The summed E-state index contributed by atoms with van der Waals surface area (Å²) in [7, 11) is -3.20. The third kappa shape index (κ3) is 6.45. The summed E-state index contributed by atoms with van der Waals surface area (Å²) in [5.74, 6) is -0.0763. The summed E-state index contributed by atoms with van der Waals surface area (Å²) in [6.07, 6.45) is 7.87. The molecule has 0 fully saturated rings. The topological polar surface area (TPSA) is 17.1 Å². The summed E-state index contributed by atoms with van der Waals surface area (Å²) in [6.45, 7) is 8.14. The summed E-state index contributed by atoms with van der Waals surface area (Å²) in [5, 5.41) is 12.2. The summed E-state index contributed by atoms with van der Waals surface area (Å²) in [5.41, 5.74) is 7.02. The average Bonchev–Trinajstić information content (AvgIpc) is 3.27. The molecule has 0 aliphatic carbocycles. The summed E-state index contributed by atoms with van der Waals surface area (Å²) >= 11 is 0. The Morgan fingerprint density at radius 2 is 0.965 bits per heavy atom. The molecule has 0 spiro atoms. The van der Waals surface area contributed by atoms with Crippen LogP contribution in [0.5, 0.6) is 0 Å². The minimum Gasteiger partial charge on any atom is -0.309 e. The number of hydrogen-bond acceptors (Lipinski definition) is 1. The molecular formula is C55H43OP. The van der Waals surface area contributed by atoms with Crippen molar-refractivity contribution in [2.45, 2.75) is 13.8 Å². The lowest BCUT2D eigenvalue weighted by molar-refractivity contribution is 0.588. The van der Waals surface area contributed by atoms with Crippen molar-refractivity contribution in [1.82, 2.24) is 0 Å². The Hall–Kier alpha value is -6.53. The molecule has 2 heteroatoms. The lowest BCUT2D eigenvalue weighted by atomic mass is 9.84. The van der Waals surface area contributed by atoms with Gasteiger partial charge >= 0.3 is 0 Å². The van der Waals surface area contributed by atoms with Crippen LogP contribution < -0.4 is 10.6 Å². The van der Waals surface area contributed by atoms with E-state index in [1.807, 2.05) is 61.6 Å². The predicted molar refractivity (Wildman–Crippen MR) is 248 cm³/mol. The highest BCUT2D eigenvalue weighted by Crippen LogP contribution is 2.55. The first kappa shape index (κ1) is 36.1. The fraction of sp³-hybridized carbons (Fsp3) is 0.0545. The van der Waals surface area contributed by atoms with Gasteiger partial charge in [-0.25, -0.2) is 0 Å². The quantitative estimate of drug-likeness (QED) is 0.0621. The zero-order valence-corrected chi connectivity index (χ0v) is 33.2. The highest BCUT2D eigenvalue weighted by Gasteiger charge is 2.33. The van der Waals surface area contributed by atoms with Gasteiger partial charge in [0.25, 0.3) is 0 Å². The van der Waals surface area contributed by atoms with Crippen molar-refractivity contribution >= 4 is 60.8 Å². The molecule has 0 amide bonds. The van der Waals surface area contributed by atoms with Gasteiger partial charge in [-0.2, -0.15) is 0 Å². The SMILES string of the molecule is C=C[C@@H](C)/C(=C\C=C/C)P(=O)(c1ccccc1)c1ccc(-c2ccc3c(-c4ccc5ccccc5c4)c4ccccc4c(-c4ccc5ccccc5c4)c3c2)cc1. The summed E-state index contributed by atoms with van der Waals surface area (Å²) in [4.78, 5) is 0. The van der Waals surface area contributed by atoms with E-state index in [9.17, 15) is 0 Å². The average molecular weight is 751 g/mol. The highest BCUT2D eigenvalue weighted by atomic mass is 31.2. The van der Waals surface area contributed by atoms with Crippen molar-refractivity contribution in [3.63, 3.8) is 0 Å². The lowest BCUT2D eigenvalue weighted by Gasteiger charge is -2.26. The molecule has 2 atom stereocenters. The van der Waals surface area contributed by atoms with Crippen molar-refractivity contribution in [1.29, 1.82) is 0 Å². The second kappa shape index (κ2) is 15.2. The van der Waals surface area contributed by atoms with E-state index in [0.717, 1.165) is 27.1 Å². The molecule has 0 aliphatic rings. The van der Waals surface area contributed by atoms with Gasteiger partial charge in [-0.3, -0.25) is 0 Å². The standard InChI is InChI=1S/C55H43OP/c1-4-6-24-53(38(3)5-2)57(56,47-20-8-7-9-21-47)48-32-29-41(30-33-48)44-31-34-51-52(37-44)55(46-28-26-40-17-11-13-19-43(40)36-46)50-23-15-14-22-49(50)54(51)45-27-25-39-16-10-12-18-42(39)35-45/h4-38H,2H2,1,3H3/b6-4-,53-24+/t38-,57?/m1/s1. The number of rotatable bonds is 9. The largest absolute Gasteiger partial charge is 0.309 e. The van der Waals surface area contributed by atoms with Crippen LogP contribution >= 0.6 is 7.14 Å². The number of benzene rings is 9. The highest BCUT2D eigenvalue weighted by molar-refractivity contribution is 7.82. The van der Waals surface area contributed by atoms with E-state index in [0.29, 0.717) is 0 Å². The fourth-order valence-corrected chi connectivity index (χ4v) is 11.5. The van der Waals surface area contributed by atoms with Crippen molar-refractivity contribution < 1.29 is 4.57 Å². The van der Waals surface area contributed by atoms with E-state index in [1.165, 1.54) is 65.3 Å². The third-order valence-corrected chi connectivity index (χ3v) is 14.8. The molecule has 1 nitrogen and oxygen atoms in total. The van der Waals surface area contributed by atoms with Gasteiger partial charge in [-0.1, -0.05) is 195 Å². The van der Waals surface area contributed by atoms with E-state index in [-0.39, 0.29) is 5.92 Å². The first-order valence-electron chi connectivity index (χ1n) is 19.7. The molecular weight excluding hydrogens is 708 g/mol. The first-order valence-corrected chi connectivity index (χ1v) is 21.4.